The molecule has 1 rings (SSSR count). The van der Waals surface area contributed by atoms with Gasteiger partial charge < -0.3 is 10.6 Å². The summed E-state index contributed by atoms with van der Waals surface area (Å²) in [5, 5.41) is 14.6. The van der Waals surface area contributed by atoms with Gasteiger partial charge in [0.25, 0.3) is 0 Å². The SMILES string of the molecule is CCNC(=O)CNC(C)c1cccc(C#N)c1. The maximum atomic E-state index is 11.3. The van der Waals surface area contributed by atoms with Crippen LogP contribution < -0.4 is 10.6 Å². The number of likely N-dealkylation sites (N-methyl/N-ethyl adjacent to an activating group) is 1. The monoisotopic (exact) mass is 231 g/mol. The number of nitrogens with one attached hydrogen (secondary N) is 2. The molecule has 90 valence electrons. The third kappa shape index (κ3) is 4.25. The van der Waals surface area contributed by atoms with E-state index in [1.54, 1.807) is 6.07 Å². The molecule has 0 saturated carbocycles. The van der Waals surface area contributed by atoms with Gasteiger partial charge in [0.1, 0.15) is 0 Å². The van der Waals surface area contributed by atoms with Gasteiger partial charge in [-0.15, -0.1) is 0 Å². The summed E-state index contributed by atoms with van der Waals surface area (Å²) >= 11 is 0. The Morgan fingerprint density at radius 1 is 1.53 bits per heavy atom. The highest BCUT2D eigenvalue weighted by molar-refractivity contribution is 5.77. The van der Waals surface area contributed by atoms with Crippen LogP contribution in [0.3, 0.4) is 0 Å². The molecule has 2 N–H and O–H groups in total. The number of hydrogen-bond acceptors (Lipinski definition) is 3. The normalized spacial score (nSPS) is 11.6. The minimum Gasteiger partial charge on any atom is -0.355 e. The molecule has 1 aromatic carbocycles. The zero-order valence-corrected chi connectivity index (χ0v) is 10.2. The number of carbonyl (C=O) groups excluding carboxylic acids is 1. The first kappa shape index (κ1) is 13.2. The predicted molar refractivity (Wildman–Crippen MR) is 66.3 cm³/mol. The standard InChI is InChI=1S/C13H17N3O/c1-3-15-13(17)9-16-10(2)12-6-4-5-11(7-12)8-14/h4-7,10,16H,3,9H2,1-2H3,(H,15,17). The van der Waals surface area contributed by atoms with Crippen LogP contribution in [0.2, 0.25) is 0 Å². The fraction of sp³-hybridized carbons (Fsp3) is 0.385. The lowest BCUT2D eigenvalue weighted by molar-refractivity contribution is -0.120. The van der Waals surface area contributed by atoms with E-state index in [9.17, 15) is 4.79 Å². The van der Waals surface area contributed by atoms with E-state index in [2.05, 4.69) is 16.7 Å². The van der Waals surface area contributed by atoms with E-state index in [4.69, 9.17) is 5.26 Å². The fourth-order valence-corrected chi connectivity index (χ4v) is 1.50. The van der Waals surface area contributed by atoms with Crippen molar-refractivity contribution in [3.8, 4) is 6.07 Å². The Balaban J connectivity index is 2.55. The van der Waals surface area contributed by atoms with E-state index < -0.39 is 0 Å². The van der Waals surface area contributed by atoms with Crippen molar-refractivity contribution in [1.82, 2.24) is 10.6 Å². The average molecular weight is 231 g/mol. The third-order valence-corrected chi connectivity index (χ3v) is 2.46. The smallest absolute Gasteiger partial charge is 0.233 e. The van der Waals surface area contributed by atoms with Gasteiger partial charge in [0, 0.05) is 12.6 Å². The maximum Gasteiger partial charge on any atom is 0.233 e. The van der Waals surface area contributed by atoms with Crippen LogP contribution in [0.25, 0.3) is 0 Å². The number of nitriles is 1. The van der Waals surface area contributed by atoms with Gasteiger partial charge in [-0.05, 0) is 31.5 Å². The second kappa shape index (κ2) is 6.66. The Morgan fingerprint density at radius 3 is 2.94 bits per heavy atom. The Morgan fingerprint density at radius 2 is 2.29 bits per heavy atom. The molecule has 1 amide bonds. The van der Waals surface area contributed by atoms with Crippen LogP contribution >= 0.6 is 0 Å². The highest BCUT2D eigenvalue weighted by Gasteiger charge is 2.07. The number of nitrogens with zero attached hydrogens (tertiary/aromatic N) is 1. The summed E-state index contributed by atoms with van der Waals surface area (Å²) in [6, 6.07) is 9.53. The molecule has 0 spiro atoms. The molecule has 1 atom stereocenters. The van der Waals surface area contributed by atoms with Crippen LogP contribution in [0.1, 0.15) is 31.0 Å². The second-order valence-corrected chi connectivity index (χ2v) is 3.79. The molecule has 0 saturated heterocycles. The number of amides is 1. The molecule has 0 aliphatic heterocycles. The Labute approximate surface area is 102 Å². The molecule has 0 aliphatic carbocycles. The molecule has 1 unspecified atom stereocenters. The number of hydrogen-bond donors (Lipinski definition) is 2. The summed E-state index contributed by atoms with van der Waals surface area (Å²) in [4.78, 5) is 11.3. The van der Waals surface area contributed by atoms with Gasteiger partial charge in [-0.25, -0.2) is 0 Å². The van der Waals surface area contributed by atoms with Crippen molar-refractivity contribution in [2.45, 2.75) is 19.9 Å². The number of carbonyl (C=O) groups is 1. The van der Waals surface area contributed by atoms with Crippen molar-refractivity contribution in [2.75, 3.05) is 13.1 Å². The minimum absolute atomic E-state index is 0.0178. The van der Waals surface area contributed by atoms with Crippen molar-refractivity contribution >= 4 is 5.91 Å². The van der Waals surface area contributed by atoms with E-state index in [1.165, 1.54) is 0 Å². The molecule has 0 fully saturated rings. The molecular formula is C13H17N3O. The molecule has 0 heterocycles. The molecule has 4 heteroatoms. The van der Waals surface area contributed by atoms with Gasteiger partial charge in [0.15, 0.2) is 0 Å². The number of rotatable bonds is 5. The van der Waals surface area contributed by atoms with E-state index >= 15 is 0 Å². The Kier molecular flexibility index (Phi) is 5.18. The van der Waals surface area contributed by atoms with Crippen LogP contribution in [0.4, 0.5) is 0 Å². The van der Waals surface area contributed by atoms with Crippen LogP contribution in [-0.4, -0.2) is 19.0 Å². The molecule has 17 heavy (non-hydrogen) atoms. The summed E-state index contributed by atoms with van der Waals surface area (Å²) in [5.74, 6) is -0.0178. The summed E-state index contributed by atoms with van der Waals surface area (Å²) in [6.45, 7) is 4.78. The zero-order chi connectivity index (χ0) is 12.7. The fourth-order valence-electron chi connectivity index (χ4n) is 1.50. The summed E-state index contributed by atoms with van der Waals surface area (Å²) in [7, 11) is 0. The van der Waals surface area contributed by atoms with Gasteiger partial charge in [-0.3, -0.25) is 4.79 Å². The lowest BCUT2D eigenvalue weighted by Gasteiger charge is -2.14. The van der Waals surface area contributed by atoms with Gasteiger partial charge in [0.2, 0.25) is 5.91 Å². The molecular weight excluding hydrogens is 214 g/mol. The zero-order valence-electron chi connectivity index (χ0n) is 10.2. The van der Waals surface area contributed by atoms with Crippen molar-refractivity contribution in [3.05, 3.63) is 35.4 Å². The minimum atomic E-state index is -0.0178. The number of benzene rings is 1. The van der Waals surface area contributed by atoms with Crippen molar-refractivity contribution in [1.29, 1.82) is 5.26 Å². The van der Waals surface area contributed by atoms with Crippen LogP contribution in [0.5, 0.6) is 0 Å². The first-order valence-electron chi connectivity index (χ1n) is 5.67. The van der Waals surface area contributed by atoms with Crippen LogP contribution in [0, 0.1) is 11.3 Å². The van der Waals surface area contributed by atoms with Crippen molar-refractivity contribution in [3.63, 3.8) is 0 Å². The maximum absolute atomic E-state index is 11.3. The van der Waals surface area contributed by atoms with Crippen molar-refractivity contribution < 1.29 is 4.79 Å². The molecule has 0 bridgehead atoms. The molecule has 4 nitrogen and oxygen atoms in total. The van der Waals surface area contributed by atoms with Gasteiger partial charge in [-0.1, -0.05) is 12.1 Å². The second-order valence-electron chi connectivity index (χ2n) is 3.79. The van der Waals surface area contributed by atoms with E-state index in [0.717, 1.165) is 5.56 Å². The first-order chi connectivity index (χ1) is 8.17. The first-order valence-corrected chi connectivity index (χ1v) is 5.67. The summed E-state index contributed by atoms with van der Waals surface area (Å²) in [6.07, 6.45) is 0. The van der Waals surface area contributed by atoms with Crippen LogP contribution in [-0.2, 0) is 4.79 Å². The topological polar surface area (TPSA) is 64.9 Å². The van der Waals surface area contributed by atoms with Crippen molar-refractivity contribution in [2.24, 2.45) is 0 Å². The van der Waals surface area contributed by atoms with E-state index in [-0.39, 0.29) is 18.5 Å². The summed E-state index contributed by atoms with van der Waals surface area (Å²) in [5.41, 5.74) is 1.64. The van der Waals surface area contributed by atoms with Gasteiger partial charge >= 0.3 is 0 Å². The molecule has 0 radical (unpaired) electrons. The Bertz CT molecular complexity index is 423. The lowest BCUT2D eigenvalue weighted by atomic mass is 10.1. The van der Waals surface area contributed by atoms with Gasteiger partial charge in [0.05, 0.1) is 18.2 Å². The van der Waals surface area contributed by atoms with Gasteiger partial charge in [-0.2, -0.15) is 5.26 Å². The molecule has 1 aromatic rings. The highest BCUT2D eigenvalue weighted by atomic mass is 16.1. The largest absolute Gasteiger partial charge is 0.355 e. The third-order valence-electron chi connectivity index (χ3n) is 2.46. The summed E-state index contributed by atoms with van der Waals surface area (Å²) < 4.78 is 0. The predicted octanol–water partition coefficient (Wildman–Crippen LogP) is 1.34. The average Bonchev–Trinajstić information content (AvgIpc) is 2.36. The van der Waals surface area contributed by atoms with Crippen LogP contribution in [0.15, 0.2) is 24.3 Å². The van der Waals surface area contributed by atoms with E-state index in [0.29, 0.717) is 12.1 Å². The molecule has 0 aliphatic rings. The highest BCUT2D eigenvalue weighted by Crippen LogP contribution is 2.13. The van der Waals surface area contributed by atoms with E-state index in [1.807, 2.05) is 32.0 Å². The quantitative estimate of drug-likeness (QED) is 0.803. The molecule has 0 aromatic heterocycles. The lowest BCUT2D eigenvalue weighted by Crippen LogP contribution is -2.34. The Hall–Kier alpha value is -1.86.